The van der Waals surface area contributed by atoms with Gasteiger partial charge in [0.15, 0.2) is 0 Å². The van der Waals surface area contributed by atoms with E-state index in [0.717, 1.165) is 12.8 Å². The summed E-state index contributed by atoms with van der Waals surface area (Å²) >= 11 is 0. The van der Waals surface area contributed by atoms with Gasteiger partial charge in [0.1, 0.15) is 11.8 Å². The Labute approximate surface area is 136 Å². The number of hydrogen-bond donors (Lipinski definition) is 2. The maximum absolute atomic E-state index is 12.3. The van der Waals surface area contributed by atoms with Gasteiger partial charge in [0.2, 0.25) is 5.91 Å². The molecular formula is C15H23ClN4O2. The van der Waals surface area contributed by atoms with Crippen LogP contribution in [0.2, 0.25) is 0 Å². The van der Waals surface area contributed by atoms with Crippen LogP contribution in [0.3, 0.4) is 0 Å². The van der Waals surface area contributed by atoms with E-state index in [9.17, 15) is 4.79 Å². The van der Waals surface area contributed by atoms with Crippen molar-refractivity contribution in [3.8, 4) is 6.07 Å². The van der Waals surface area contributed by atoms with E-state index in [2.05, 4.69) is 6.07 Å². The molecule has 6 nitrogen and oxygen atoms in total. The number of piperidine rings is 1. The molecule has 1 aliphatic rings. The predicted molar refractivity (Wildman–Crippen MR) is 85.4 cm³/mol. The first kappa shape index (κ1) is 18.5. The summed E-state index contributed by atoms with van der Waals surface area (Å²) in [5, 5.41) is 18.0. The number of rotatable bonds is 5. The standard InChI is InChI=1S/C15H22N4O2.ClH/c16-10-13-2-1-6-18(13)9-5-14(17)15(21)19-7-3-12(11-20)4-8-19;/h1-2,6,12,14,20H,3-5,7-9,11,17H2;1H. The number of nitrogens with zero attached hydrogens (tertiary/aromatic N) is 3. The Morgan fingerprint density at radius 2 is 2.18 bits per heavy atom. The minimum Gasteiger partial charge on any atom is -0.396 e. The largest absolute Gasteiger partial charge is 0.396 e. The Hall–Kier alpha value is -1.55. The fraction of sp³-hybridized carbons (Fsp3) is 0.600. The van der Waals surface area contributed by atoms with Crippen LogP contribution in [-0.4, -0.2) is 46.2 Å². The summed E-state index contributed by atoms with van der Waals surface area (Å²) in [6, 6.07) is 5.12. The molecule has 0 spiro atoms. The number of aromatic nitrogens is 1. The normalized spacial score (nSPS) is 16.7. The van der Waals surface area contributed by atoms with E-state index in [1.54, 1.807) is 11.0 Å². The van der Waals surface area contributed by atoms with Gasteiger partial charge in [-0.1, -0.05) is 0 Å². The first-order valence-corrected chi connectivity index (χ1v) is 7.36. The average Bonchev–Trinajstić information content (AvgIpc) is 2.99. The van der Waals surface area contributed by atoms with Gasteiger partial charge in [-0.2, -0.15) is 5.26 Å². The van der Waals surface area contributed by atoms with Gasteiger partial charge in [0, 0.05) is 32.4 Å². The lowest BCUT2D eigenvalue weighted by Gasteiger charge is -2.32. The third kappa shape index (κ3) is 4.47. The summed E-state index contributed by atoms with van der Waals surface area (Å²) in [5.41, 5.74) is 6.57. The Morgan fingerprint density at radius 1 is 1.50 bits per heavy atom. The second-order valence-corrected chi connectivity index (χ2v) is 5.55. The lowest BCUT2D eigenvalue weighted by Crippen LogP contribution is -2.47. The van der Waals surface area contributed by atoms with Crippen molar-refractivity contribution >= 4 is 18.3 Å². The zero-order valence-electron chi connectivity index (χ0n) is 12.5. The van der Waals surface area contributed by atoms with E-state index in [1.807, 2.05) is 16.8 Å². The predicted octanol–water partition coefficient (Wildman–Crippen LogP) is 0.730. The highest BCUT2D eigenvalue weighted by Crippen LogP contribution is 2.17. The number of amides is 1. The van der Waals surface area contributed by atoms with E-state index in [-0.39, 0.29) is 24.9 Å². The molecule has 22 heavy (non-hydrogen) atoms. The zero-order valence-corrected chi connectivity index (χ0v) is 13.3. The van der Waals surface area contributed by atoms with Gasteiger partial charge in [0.05, 0.1) is 6.04 Å². The molecule has 1 atom stereocenters. The van der Waals surface area contributed by atoms with E-state index >= 15 is 0 Å². The SMILES string of the molecule is Cl.N#Cc1cccn1CCC(N)C(=O)N1CCC(CO)CC1. The summed E-state index contributed by atoms with van der Waals surface area (Å²) in [6.45, 7) is 2.10. The van der Waals surface area contributed by atoms with Gasteiger partial charge < -0.3 is 20.3 Å². The molecule has 1 amide bonds. The van der Waals surface area contributed by atoms with Gasteiger partial charge in [-0.15, -0.1) is 12.4 Å². The molecule has 1 fully saturated rings. The zero-order chi connectivity index (χ0) is 15.2. The van der Waals surface area contributed by atoms with Crippen molar-refractivity contribution in [2.45, 2.75) is 31.8 Å². The van der Waals surface area contributed by atoms with Crippen LogP contribution in [0, 0.1) is 17.2 Å². The molecule has 2 rings (SSSR count). The molecule has 0 aromatic carbocycles. The van der Waals surface area contributed by atoms with E-state index in [1.165, 1.54) is 0 Å². The van der Waals surface area contributed by atoms with Gasteiger partial charge in [0.25, 0.3) is 0 Å². The summed E-state index contributed by atoms with van der Waals surface area (Å²) in [6.07, 6.45) is 4.01. The quantitative estimate of drug-likeness (QED) is 0.833. The first-order valence-electron chi connectivity index (χ1n) is 7.36. The van der Waals surface area contributed by atoms with E-state index in [4.69, 9.17) is 16.1 Å². The van der Waals surface area contributed by atoms with Gasteiger partial charge in [-0.05, 0) is 37.3 Å². The molecule has 0 aliphatic carbocycles. The molecule has 7 heteroatoms. The number of aliphatic hydroxyl groups is 1. The molecule has 1 unspecified atom stereocenters. The number of hydrogen-bond acceptors (Lipinski definition) is 4. The van der Waals surface area contributed by atoms with Crippen molar-refractivity contribution in [2.24, 2.45) is 11.7 Å². The molecule has 0 radical (unpaired) electrons. The van der Waals surface area contributed by atoms with Crippen LogP contribution in [0.4, 0.5) is 0 Å². The first-order chi connectivity index (χ1) is 10.2. The molecular weight excluding hydrogens is 304 g/mol. The summed E-state index contributed by atoms with van der Waals surface area (Å²) in [4.78, 5) is 14.1. The minimum atomic E-state index is -0.537. The van der Waals surface area contributed by atoms with Gasteiger partial charge in [-0.3, -0.25) is 4.79 Å². The second kappa shape index (κ2) is 8.79. The molecule has 2 heterocycles. The number of halogens is 1. The molecule has 122 valence electrons. The van der Waals surface area contributed by atoms with Crippen molar-refractivity contribution in [3.05, 3.63) is 24.0 Å². The highest BCUT2D eigenvalue weighted by atomic mass is 35.5. The molecule has 1 aliphatic heterocycles. The number of nitrogens with two attached hydrogens (primary N) is 1. The van der Waals surface area contributed by atoms with Crippen LogP contribution in [-0.2, 0) is 11.3 Å². The highest BCUT2D eigenvalue weighted by Gasteiger charge is 2.25. The van der Waals surface area contributed by atoms with Crippen molar-refractivity contribution in [1.29, 1.82) is 5.26 Å². The topological polar surface area (TPSA) is 95.3 Å². The second-order valence-electron chi connectivity index (χ2n) is 5.55. The maximum Gasteiger partial charge on any atom is 0.239 e. The van der Waals surface area contributed by atoms with Crippen molar-refractivity contribution in [2.75, 3.05) is 19.7 Å². The average molecular weight is 327 g/mol. The monoisotopic (exact) mass is 326 g/mol. The van der Waals surface area contributed by atoms with Crippen LogP contribution >= 0.6 is 12.4 Å². The van der Waals surface area contributed by atoms with Crippen LogP contribution in [0.1, 0.15) is 25.0 Å². The molecule has 1 saturated heterocycles. The fourth-order valence-corrected chi connectivity index (χ4v) is 2.68. The van der Waals surface area contributed by atoms with Crippen molar-refractivity contribution in [1.82, 2.24) is 9.47 Å². The number of aryl methyl sites for hydroxylation is 1. The summed E-state index contributed by atoms with van der Waals surface area (Å²) < 4.78 is 1.81. The van der Waals surface area contributed by atoms with Crippen LogP contribution in [0.5, 0.6) is 0 Å². The van der Waals surface area contributed by atoms with E-state index in [0.29, 0.717) is 37.7 Å². The van der Waals surface area contributed by atoms with E-state index < -0.39 is 6.04 Å². The third-order valence-electron chi connectivity index (χ3n) is 4.13. The lowest BCUT2D eigenvalue weighted by atomic mass is 9.97. The fourth-order valence-electron chi connectivity index (χ4n) is 2.68. The van der Waals surface area contributed by atoms with Crippen LogP contribution in [0.15, 0.2) is 18.3 Å². The molecule has 0 saturated carbocycles. The number of carbonyl (C=O) groups excluding carboxylic acids is 1. The maximum atomic E-state index is 12.3. The Kier molecular flexibility index (Phi) is 7.39. The molecule has 1 aromatic rings. The Bertz CT molecular complexity index is 518. The van der Waals surface area contributed by atoms with Crippen LogP contribution < -0.4 is 5.73 Å². The van der Waals surface area contributed by atoms with Crippen molar-refractivity contribution in [3.63, 3.8) is 0 Å². The Balaban J connectivity index is 0.00000242. The number of likely N-dealkylation sites (tertiary alicyclic amines) is 1. The molecule has 3 N–H and O–H groups in total. The van der Waals surface area contributed by atoms with Gasteiger partial charge >= 0.3 is 0 Å². The third-order valence-corrected chi connectivity index (χ3v) is 4.13. The number of aliphatic hydroxyl groups excluding tert-OH is 1. The molecule has 0 bridgehead atoms. The molecule has 1 aromatic heterocycles. The van der Waals surface area contributed by atoms with Crippen LogP contribution in [0.25, 0.3) is 0 Å². The Morgan fingerprint density at radius 3 is 2.77 bits per heavy atom. The van der Waals surface area contributed by atoms with Crippen molar-refractivity contribution < 1.29 is 9.90 Å². The minimum absolute atomic E-state index is 0. The number of carbonyl (C=O) groups is 1. The highest BCUT2D eigenvalue weighted by molar-refractivity contribution is 5.85. The summed E-state index contributed by atoms with van der Waals surface area (Å²) in [5.74, 6) is 0.278. The number of nitriles is 1. The smallest absolute Gasteiger partial charge is 0.239 e. The lowest BCUT2D eigenvalue weighted by molar-refractivity contribution is -0.134. The summed E-state index contributed by atoms with van der Waals surface area (Å²) in [7, 11) is 0. The van der Waals surface area contributed by atoms with Gasteiger partial charge in [-0.25, -0.2) is 0 Å².